The van der Waals surface area contributed by atoms with Crippen molar-refractivity contribution in [2.24, 2.45) is 5.73 Å². The Morgan fingerprint density at radius 1 is 1.25 bits per heavy atom. The quantitative estimate of drug-likeness (QED) is 0.910. The van der Waals surface area contributed by atoms with Crippen LogP contribution in [0, 0.1) is 0 Å². The van der Waals surface area contributed by atoms with E-state index in [1.165, 1.54) is 5.56 Å². The first-order chi connectivity index (χ1) is 9.74. The molecule has 0 saturated heterocycles. The molecule has 4 heteroatoms. The van der Waals surface area contributed by atoms with E-state index in [1.54, 1.807) is 0 Å². The monoisotopic (exact) mass is 269 g/mol. The third-order valence-electron chi connectivity index (χ3n) is 3.56. The number of pyridine rings is 1. The van der Waals surface area contributed by atoms with Gasteiger partial charge in [0.2, 0.25) is 0 Å². The number of fused-ring (bicyclic) bond motifs is 1. The predicted molar refractivity (Wildman–Crippen MR) is 79.8 cm³/mol. The molecule has 0 saturated carbocycles. The van der Waals surface area contributed by atoms with Gasteiger partial charge < -0.3 is 15.4 Å². The lowest BCUT2D eigenvalue weighted by Gasteiger charge is -2.22. The van der Waals surface area contributed by atoms with Gasteiger partial charge in [-0.3, -0.25) is 4.98 Å². The van der Waals surface area contributed by atoms with Crippen LogP contribution in [0.2, 0.25) is 0 Å². The molecule has 20 heavy (non-hydrogen) atoms. The highest BCUT2D eigenvalue weighted by molar-refractivity contribution is 5.48. The second-order valence-corrected chi connectivity index (χ2v) is 5.11. The Bertz CT molecular complexity index is 581. The molecule has 4 nitrogen and oxygen atoms in total. The molecule has 0 bridgehead atoms. The number of nitrogens with zero attached hydrogens (tertiary/aromatic N) is 2. The summed E-state index contributed by atoms with van der Waals surface area (Å²) >= 11 is 0. The first-order valence-corrected chi connectivity index (χ1v) is 6.91. The molecule has 0 fully saturated rings. The Morgan fingerprint density at radius 2 is 2.10 bits per heavy atom. The van der Waals surface area contributed by atoms with Crippen LogP contribution in [0.3, 0.4) is 0 Å². The van der Waals surface area contributed by atoms with Gasteiger partial charge in [-0.1, -0.05) is 18.2 Å². The van der Waals surface area contributed by atoms with Gasteiger partial charge in [0.1, 0.15) is 12.4 Å². The average Bonchev–Trinajstić information content (AvgIpc) is 2.69. The van der Waals surface area contributed by atoms with E-state index in [-0.39, 0.29) is 6.04 Å². The van der Waals surface area contributed by atoms with Crippen molar-refractivity contribution in [3.8, 4) is 5.75 Å². The minimum Gasteiger partial charge on any atom is -0.491 e. The topological polar surface area (TPSA) is 51.4 Å². The first-order valence-electron chi connectivity index (χ1n) is 6.91. The van der Waals surface area contributed by atoms with Crippen molar-refractivity contribution in [2.75, 3.05) is 18.1 Å². The van der Waals surface area contributed by atoms with Crippen LogP contribution in [-0.2, 0) is 6.54 Å². The highest BCUT2D eigenvalue weighted by Gasteiger charge is 2.15. The predicted octanol–water partition coefficient (Wildman–Crippen LogP) is 2.50. The second kappa shape index (κ2) is 5.51. The minimum absolute atomic E-state index is 0.0303. The highest BCUT2D eigenvalue weighted by atomic mass is 16.5. The number of ether oxygens (including phenoxy) is 1. The molecule has 1 atom stereocenters. The second-order valence-electron chi connectivity index (χ2n) is 5.11. The number of para-hydroxylation sites is 1. The Hall–Kier alpha value is -2.07. The van der Waals surface area contributed by atoms with Crippen LogP contribution in [0.5, 0.6) is 5.75 Å². The highest BCUT2D eigenvalue weighted by Crippen LogP contribution is 2.25. The van der Waals surface area contributed by atoms with Gasteiger partial charge in [-0.15, -0.1) is 0 Å². The molecule has 2 N–H and O–H groups in total. The molecule has 3 rings (SSSR count). The molecule has 0 amide bonds. The summed E-state index contributed by atoms with van der Waals surface area (Å²) in [4.78, 5) is 6.71. The molecular formula is C16H19N3O. The Labute approximate surface area is 119 Å². The van der Waals surface area contributed by atoms with E-state index in [0.717, 1.165) is 30.2 Å². The van der Waals surface area contributed by atoms with Gasteiger partial charge in [-0.25, -0.2) is 0 Å². The average molecular weight is 269 g/mol. The van der Waals surface area contributed by atoms with Gasteiger partial charge in [0, 0.05) is 18.2 Å². The van der Waals surface area contributed by atoms with Gasteiger partial charge in [-0.05, 0) is 25.1 Å². The van der Waals surface area contributed by atoms with Gasteiger partial charge in [0.25, 0.3) is 0 Å². The van der Waals surface area contributed by atoms with Crippen LogP contribution in [0.25, 0.3) is 0 Å². The molecule has 0 aliphatic carbocycles. The third kappa shape index (κ3) is 2.60. The SMILES string of the molecule is C[C@H](N)c1ccc(N2CCOc3ccccc3C2)cn1. The maximum absolute atomic E-state index is 5.83. The zero-order valence-electron chi connectivity index (χ0n) is 11.6. The van der Waals surface area contributed by atoms with E-state index in [9.17, 15) is 0 Å². The van der Waals surface area contributed by atoms with Crippen LogP contribution >= 0.6 is 0 Å². The summed E-state index contributed by atoms with van der Waals surface area (Å²) in [6.07, 6.45) is 1.90. The minimum atomic E-state index is -0.0303. The van der Waals surface area contributed by atoms with Crippen molar-refractivity contribution in [3.05, 3.63) is 53.9 Å². The van der Waals surface area contributed by atoms with Crippen LogP contribution < -0.4 is 15.4 Å². The molecule has 0 spiro atoms. The van der Waals surface area contributed by atoms with Crippen LogP contribution in [0.1, 0.15) is 24.2 Å². The number of rotatable bonds is 2. The normalized spacial score (nSPS) is 16.0. The lowest BCUT2D eigenvalue weighted by Crippen LogP contribution is -2.25. The Kier molecular flexibility index (Phi) is 3.56. The van der Waals surface area contributed by atoms with E-state index in [4.69, 9.17) is 10.5 Å². The fraction of sp³-hybridized carbons (Fsp3) is 0.312. The van der Waals surface area contributed by atoms with Gasteiger partial charge in [0.05, 0.1) is 24.1 Å². The number of nitrogens with two attached hydrogens (primary N) is 1. The summed E-state index contributed by atoms with van der Waals surface area (Å²) in [7, 11) is 0. The molecule has 2 heterocycles. The van der Waals surface area contributed by atoms with Crippen LogP contribution in [0.15, 0.2) is 42.6 Å². The number of hydrogen-bond donors (Lipinski definition) is 1. The van der Waals surface area contributed by atoms with Gasteiger partial charge in [0.15, 0.2) is 0 Å². The molecule has 1 aromatic heterocycles. The zero-order chi connectivity index (χ0) is 13.9. The molecular weight excluding hydrogens is 250 g/mol. The molecule has 2 aromatic rings. The maximum atomic E-state index is 5.83. The Balaban J connectivity index is 1.84. The fourth-order valence-corrected chi connectivity index (χ4v) is 2.40. The zero-order valence-corrected chi connectivity index (χ0v) is 11.6. The van der Waals surface area contributed by atoms with Gasteiger partial charge in [-0.2, -0.15) is 0 Å². The van der Waals surface area contributed by atoms with Crippen molar-refractivity contribution in [1.82, 2.24) is 4.98 Å². The molecule has 1 aliphatic heterocycles. The first kappa shape index (κ1) is 12.9. The molecule has 0 unspecified atom stereocenters. The number of anilines is 1. The molecule has 1 aromatic carbocycles. The number of hydrogen-bond acceptors (Lipinski definition) is 4. The third-order valence-corrected chi connectivity index (χ3v) is 3.56. The van der Waals surface area contributed by atoms with E-state index >= 15 is 0 Å². The summed E-state index contributed by atoms with van der Waals surface area (Å²) in [6, 6.07) is 12.2. The number of aromatic nitrogens is 1. The summed E-state index contributed by atoms with van der Waals surface area (Å²) in [6.45, 7) is 4.33. The summed E-state index contributed by atoms with van der Waals surface area (Å²) in [5.41, 5.74) is 9.07. The van der Waals surface area contributed by atoms with Crippen molar-refractivity contribution in [1.29, 1.82) is 0 Å². The van der Waals surface area contributed by atoms with E-state index in [1.807, 2.05) is 37.4 Å². The number of benzene rings is 1. The van der Waals surface area contributed by atoms with Crippen molar-refractivity contribution < 1.29 is 4.74 Å². The lowest BCUT2D eigenvalue weighted by atomic mass is 10.2. The van der Waals surface area contributed by atoms with E-state index in [2.05, 4.69) is 22.0 Å². The molecule has 0 radical (unpaired) electrons. The smallest absolute Gasteiger partial charge is 0.124 e. The Morgan fingerprint density at radius 3 is 2.85 bits per heavy atom. The van der Waals surface area contributed by atoms with Crippen molar-refractivity contribution in [3.63, 3.8) is 0 Å². The lowest BCUT2D eigenvalue weighted by molar-refractivity contribution is 0.331. The largest absolute Gasteiger partial charge is 0.491 e. The molecule has 1 aliphatic rings. The standard InChI is InChI=1S/C16H19N3O/c1-12(17)15-7-6-14(10-18-15)19-8-9-20-16-5-3-2-4-13(16)11-19/h2-7,10,12H,8-9,11,17H2,1H3/t12-/m0/s1. The van der Waals surface area contributed by atoms with Crippen LogP contribution in [0.4, 0.5) is 5.69 Å². The van der Waals surface area contributed by atoms with Gasteiger partial charge >= 0.3 is 0 Å². The van der Waals surface area contributed by atoms with Crippen molar-refractivity contribution >= 4 is 5.69 Å². The van der Waals surface area contributed by atoms with Crippen molar-refractivity contribution in [2.45, 2.75) is 19.5 Å². The summed E-state index contributed by atoms with van der Waals surface area (Å²) in [5, 5.41) is 0. The maximum Gasteiger partial charge on any atom is 0.124 e. The summed E-state index contributed by atoms with van der Waals surface area (Å²) < 4.78 is 5.78. The van der Waals surface area contributed by atoms with Crippen LogP contribution in [-0.4, -0.2) is 18.1 Å². The molecule has 104 valence electrons. The summed E-state index contributed by atoms with van der Waals surface area (Å²) in [5.74, 6) is 0.982. The van der Waals surface area contributed by atoms with E-state index in [0.29, 0.717) is 6.61 Å². The fourth-order valence-electron chi connectivity index (χ4n) is 2.40. The van der Waals surface area contributed by atoms with E-state index < -0.39 is 0 Å².